The molecule has 1 heteroatoms. The quantitative estimate of drug-likeness (QED) is 0.787. The van der Waals surface area contributed by atoms with Gasteiger partial charge in [-0.3, -0.25) is 0 Å². The monoisotopic (exact) mass is 254 g/mol. The van der Waals surface area contributed by atoms with Gasteiger partial charge in [-0.25, -0.2) is 0 Å². The Labute approximate surface area is 115 Å². The zero-order valence-electron chi connectivity index (χ0n) is 12.1. The zero-order chi connectivity index (χ0) is 14.0. The Bertz CT molecular complexity index is 568. The van der Waals surface area contributed by atoms with Crippen molar-refractivity contribution in [3.63, 3.8) is 0 Å². The van der Waals surface area contributed by atoms with Crippen LogP contribution in [0.2, 0.25) is 0 Å². The molecule has 19 heavy (non-hydrogen) atoms. The lowest BCUT2D eigenvalue weighted by molar-refractivity contribution is 0.465. The Kier molecular flexibility index (Phi) is 3.94. The summed E-state index contributed by atoms with van der Waals surface area (Å²) in [6, 6.07) is 14.5. The van der Waals surface area contributed by atoms with Crippen LogP contribution in [0, 0.1) is 0 Å². The van der Waals surface area contributed by atoms with Gasteiger partial charge in [-0.15, -0.1) is 0 Å². The van der Waals surface area contributed by atoms with E-state index in [4.69, 9.17) is 0 Å². The third-order valence-corrected chi connectivity index (χ3v) is 3.54. The van der Waals surface area contributed by atoms with Crippen LogP contribution in [0.15, 0.2) is 42.5 Å². The van der Waals surface area contributed by atoms with Crippen LogP contribution in [-0.4, -0.2) is 5.11 Å². The zero-order valence-corrected chi connectivity index (χ0v) is 12.1. The molecule has 0 aliphatic carbocycles. The fourth-order valence-electron chi connectivity index (χ4n) is 2.29. The Morgan fingerprint density at radius 3 is 2.05 bits per heavy atom. The summed E-state index contributed by atoms with van der Waals surface area (Å²) >= 11 is 0. The third-order valence-electron chi connectivity index (χ3n) is 3.54. The van der Waals surface area contributed by atoms with E-state index in [2.05, 4.69) is 58.0 Å². The van der Waals surface area contributed by atoms with Gasteiger partial charge in [0.2, 0.25) is 0 Å². The first-order valence-corrected chi connectivity index (χ1v) is 6.92. The molecule has 0 aliphatic rings. The van der Waals surface area contributed by atoms with Crippen molar-refractivity contribution in [2.24, 2.45) is 0 Å². The molecule has 2 aromatic rings. The lowest BCUT2D eigenvalue weighted by Gasteiger charge is -2.12. The predicted molar refractivity (Wildman–Crippen MR) is 81.7 cm³/mol. The van der Waals surface area contributed by atoms with E-state index in [1.165, 1.54) is 5.56 Å². The molecule has 1 N–H and O–H groups in total. The van der Waals surface area contributed by atoms with E-state index in [1.807, 2.05) is 12.1 Å². The smallest absolute Gasteiger partial charge is 0.119 e. The van der Waals surface area contributed by atoms with Gasteiger partial charge in [0, 0.05) is 0 Å². The van der Waals surface area contributed by atoms with E-state index in [0.29, 0.717) is 17.6 Å². The van der Waals surface area contributed by atoms with Crippen molar-refractivity contribution >= 4 is 0 Å². The molecule has 100 valence electrons. The van der Waals surface area contributed by atoms with Gasteiger partial charge in [-0.2, -0.15) is 0 Å². The molecule has 0 aromatic heterocycles. The molecule has 0 amide bonds. The van der Waals surface area contributed by atoms with Crippen LogP contribution < -0.4 is 0 Å². The van der Waals surface area contributed by atoms with Gasteiger partial charge in [-0.05, 0) is 40.2 Å². The molecule has 0 saturated heterocycles. The average Bonchev–Trinajstić information content (AvgIpc) is 2.38. The van der Waals surface area contributed by atoms with Crippen molar-refractivity contribution in [1.29, 1.82) is 0 Å². The molecule has 0 saturated carbocycles. The standard InChI is InChI=1S/C18H22O/c1-12(2)14-6-5-7-15(10-14)16-8-9-17(13(3)4)18(19)11-16/h5-13,19H,1-4H3. The summed E-state index contributed by atoms with van der Waals surface area (Å²) < 4.78 is 0. The van der Waals surface area contributed by atoms with Gasteiger partial charge in [0.15, 0.2) is 0 Å². The van der Waals surface area contributed by atoms with E-state index in [-0.39, 0.29) is 0 Å². The molecule has 0 fully saturated rings. The first-order chi connectivity index (χ1) is 8.99. The van der Waals surface area contributed by atoms with Crippen molar-refractivity contribution in [3.8, 4) is 16.9 Å². The van der Waals surface area contributed by atoms with Gasteiger partial charge in [0.05, 0.1) is 0 Å². The Hall–Kier alpha value is -1.76. The fourth-order valence-corrected chi connectivity index (χ4v) is 2.29. The first kappa shape index (κ1) is 13.7. The van der Waals surface area contributed by atoms with Gasteiger partial charge in [-0.1, -0.05) is 64.1 Å². The normalized spacial score (nSPS) is 11.3. The minimum atomic E-state index is 0.344. The highest BCUT2D eigenvalue weighted by atomic mass is 16.3. The lowest BCUT2D eigenvalue weighted by atomic mass is 9.95. The van der Waals surface area contributed by atoms with Crippen LogP contribution >= 0.6 is 0 Å². The second kappa shape index (κ2) is 5.48. The number of hydrogen-bond donors (Lipinski definition) is 1. The summed E-state index contributed by atoms with van der Waals surface area (Å²) in [6.45, 7) is 8.57. The number of phenols is 1. The van der Waals surface area contributed by atoms with E-state index in [0.717, 1.165) is 16.7 Å². The fraction of sp³-hybridized carbons (Fsp3) is 0.333. The second-order valence-electron chi connectivity index (χ2n) is 5.71. The van der Waals surface area contributed by atoms with E-state index in [1.54, 1.807) is 0 Å². The molecular formula is C18H22O. The maximum Gasteiger partial charge on any atom is 0.119 e. The summed E-state index contributed by atoms with van der Waals surface area (Å²) in [5.41, 5.74) is 4.56. The summed E-state index contributed by atoms with van der Waals surface area (Å²) in [4.78, 5) is 0. The average molecular weight is 254 g/mol. The molecule has 0 bridgehead atoms. The third kappa shape index (κ3) is 2.98. The number of aromatic hydroxyl groups is 1. The topological polar surface area (TPSA) is 20.2 Å². The highest BCUT2D eigenvalue weighted by molar-refractivity contribution is 5.67. The maximum atomic E-state index is 10.1. The number of hydrogen-bond acceptors (Lipinski definition) is 1. The second-order valence-corrected chi connectivity index (χ2v) is 5.71. The van der Waals surface area contributed by atoms with Gasteiger partial charge >= 0.3 is 0 Å². The Morgan fingerprint density at radius 1 is 0.789 bits per heavy atom. The molecule has 2 aromatic carbocycles. The molecule has 0 radical (unpaired) electrons. The van der Waals surface area contributed by atoms with Crippen molar-refractivity contribution in [1.82, 2.24) is 0 Å². The first-order valence-electron chi connectivity index (χ1n) is 6.92. The van der Waals surface area contributed by atoms with Gasteiger partial charge in [0.1, 0.15) is 5.75 Å². The predicted octanol–water partition coefficient (Wildman–Crippen LogP) is 5.31. The van der Waals surface area contributed by atoms with Crippen LogP contribution in [0.25, 0.3) is 11.1 Å². The van der Waals surface area contributed by atoms with Crippen molar-refractivity contribution < 1.29 is 5.11 Å². The molecule has 0 heterocycles. The van der Waals surface area contributed by atoms with E-state index in [9.17, 15) is 5.11 Å². The summed E-state index contributed by atoms with van der Waals surface area (Å²) in [5, 5.41) is 10.1. The van der Waals surface area contributed by atoms with Crippen LogP contribution in [0.3, 0.4) is 0 Å². The SMILES string of the molecule is CC(C)c1cccc(-c2ccc(C(C)C)c(O)c2)c1. The van der Waals surface area contributed by atoms with E-state index < -0.39 is 0 Å². The van der Waals surface area contributed by atoms with Crippen LogP contribution in [0.5, 0.6) is 5.75 Å². The summed E-state index contributed by atoms with van der Waals surface area (Å²) in [6.07, 6.45) is 0. The van der Waals surface area contributed by atoms with Crippen LogP contribution in [0.4, 0.5) is 0 Å². The minimum absolute atomic E-state index is 0.344. The Balaban J connectivity index is 2.42. The molecule has 0 atom stereocenters. The van der Waals surface area contributed by atoms with Crippen LogP contribution in [-0.2, 0) is 0 Å². The molecule has 1 nitrogen and oxygen atoms in total. The largest absolute Gasteiger partial charge is 0.508 e. The van der Waals surface area contributed by atoms with Gasteiger partial charge < -0.3 is 5.11 Å². The maximum absolute atomic E-state index is 10.1. The van der Waals surface area contributed by atoms with Gasteiger partial charge in [0.25, 0.3) is 0 Å². The van der Waals surface area contributed by atoms with Crippen molar-refractivity contribution in [3.05, 3.63) is 53.6 Å². The van der Waals surface area contributed by atoms with Crippen molar-refractivity contribution in [2.45, 2.75) is 39.5 Å². The minimum Gasteiger partial charge on any atom is -0.508 e. The Morgan fingerprint density at radius 2 is 1.47 bits per heavy atom. The van der Waals surface area contributed by atoms with Crippen LogP contribution in [0.1, 0.15) is 50.7 Å². The molecule has 0 spiro atoms. The number of benzene rings is 2. The summed E-state index contributed by atoms with van der Waals surface area (Å²) in [5.74, 6) is 1.25. The molecular weight excluding hydrogens is 232 g/mol. The lowest BCUT2D eigenvalue weighted by Crippen LogP contribution is -1.90. The summed E-state index contributed by atoms with van der Waals surface area (Å²) in [7, 11) is 0. The highest BCUT2D eigenvalue weighted by Crippen LogP contribution is 2.31. The number of rotatable bonds is 3. The number of phenolic OH excluding ortho intramolecular Hbond substituents is 1. The van der Waals surface area contributed by atoms with E-state index >= 15 is 0 Å². The molecule has 2 rings (SSSR count). The highest BCUT2D eigenvalue weighted by Gasteiger charge is 2.08. The molecule has 0 aliphatic heterocycles. The van der Waals surface area contributed by atoms with Crippen molar-refractivity contribution in [2.75, 3.05) is 0 Å². The molecule has 0 unspecified atom stereocenters.